The number of benzene rings is 2. The Hall–Kier alpha value is -3.14. The van der Waals surface area contributed by atoms with Crippen molar-refractivity contribution in [3.8, 4) is 11.1 Å². The van der Waals surface area contributed by atoms with Crippen molar-refractivity contribution in [3.63, 3.8) is 0 Å². The molecule has 130 valence electrons. The minimum atomic E-state index is 0.876. The van der Waals surface area contributed by atoms with Gasteiger partial charge in [0, 0.05) is 23.0 Å². The first kappa shape index (κ1) is 16.3. The average Bonchev–Trinajstić information content (AvgIpc) is 2.92. The maximum atomic E-state index is 4.78. The van der Waals surface area contributed by atoms with E-state index in [1.54, 1.807) is 0 Å². The van der Waals surface area contributed by atoms with Crippen molar-refractivity contribution >= 4 is 17.2 Å². The topological polar surface area (TPSA) is 42.2 Å². The Labute approximate surface area is 153 Å². The van der Waals surface area contributed by atoms with Gasteiger partial charge in [0.2, 0.25) is 0 Å². The normalized spacial score (nSPS) is 11.1. The Morgan fingerprint density at radius 3 is 2.35 bits per heavy atom. The third kappa shape index (κ3) is 2.94. The van der Waals surface area contributed by atoms with Gasteiger partial charge < -0.3 is 5.32 Å². The minimum Gasteiger partial charge on any atom is -0.340 e. The molecule has 0 saturated heterocycles. The van der Waals surface area contributed by atoms with Crippen molar-refractivity contribution in [1.29, 1.82) is 0 Å². The molecule has 4 nitrogen and oxygen atoms in total. The lowest BCUT2D eigenvalue weighted by Gasteiger charge is -2.10. The molecule has 0 radical (unpaired) electrons. The average molecular weight is 342 g/mol. The Balaban J connectivity index is 1.88. The number of nitrogens with zero attached hydrogens (tertiary/aromatic N) is 3. The number of hydrogen-bond donors (Lipinski definition) is 1. The first-order valence-corrected chi connectivity index (χ1v) is 8.79. The van der Waals surface area contributed by atoms with E-state index in [0.29, 0.717) is 0 Å². The molecule has 0 saturated carbocycles. The fraction of sp³-hybridized carbons (Fsp3) is 0.182. The van der Waals surface area contributed by atoms with Gasteiger partial charge in [-0.1, -0.05) is 42.0 Å². The summed E-state index contributed by atoms with van der Waals surface area (Å²) in [7, 11) is 0. The van der Waals surface area contributed by atoms with Gasteiger partial charge in [0.15, 0.2) is 5.65 Å². The second kappa shape index (κ2) is 6.30. The zero-order valence-electron chi connectivity index (χ0n) is 15.5. The zero-order chi connectivity index (χ0) is 18.3. The van der Waals surface area contributed by atoms with Crippen LogP contribution in [0, 0.1) is 27.7 Å². The highest BCUT2D eigenvalue weighted by Gasteiger charge is 2.16. The van der Waals surface area contributed by atoms with Crippen LogP contribution in [0.15, 0.2) is 54.6 Å². The summed E-state index contributed by atoms with van der Waals surface area (Å²) in [6.45, 7) is 8.24. The smallest absolute Gasteiger partial charge is 0.165 e. The number of hydrogen-bond acceptors (Lipinski definition) is 3. The summed E-state index contributed by atoms with van der Waals surface area (Å²) < 4.78 is 1.90. The molecular weight excluding hydrogens is 320 g/mol. The second-order valence-electron chi connectivity index (χ2n) is 6.84. The largest absolute Gasteiger partial charge is 0.340 e. The molecule has 0 aliphatic carbocycles. The molecule has 0 unspecified atom stereocenters. The fourth-order valence-corrected chi connectivity index (χ4v) is 3.26. The number of aryl methyl sites for hydroxylation is 4. The van der Waals surface area contributed by atoms with Crippen molar-refractivity contribution in [1.82, 2.24) is 14.6 Å². The highest BCUT2D eigenvalue weighted by Crippen LogP contribution is 2.30. The van der Waals surface area contributed by atoms with Crippen molar-refractivity contribution in [2.75, 3.05) is 5.32 Å². The van der Waals surface area contributed by atoms with Crippen LogP contribution in [-0.2, 0) is 0 Å². The minimum absolute atomic E-state index is 0.876. The quantitative estimate of drug-likeness (QED) is 0.544. The Morgan fingerprint density at radius 2 is 1.62 bits per heavy atom. The molecule has 0 spiro atoms. The number of anilines is 2. The third-order valence-corrected chi connectivity index (χ3v) is 4.52. The van der Waals surface area contributed by atoms with Crippen LogP contribution in [0.4, 0.5) is 11.5 Å². The van der Waals surface area contributed by atoms with E-state index in [2.05, 4.69) is 67.7 Å². The summed E-state index contributed by atoms with van der Waals surface area (Å²) >= 11 is 0. The predicted molar refractivity (Wildman–Crippen MR) is 107 cm³/mol. The Kier molecular flexibility index (Phi) is 3.96. The summed E-state index contributed by atoms with van der Waals surface area (Å²) in [5, 5.41) is 8.25. The van der Waals surface area contributed by atoms with Crippen LogP contribution in [0.5, 0.6) is 0 Å². The van der Waals surface area contributed by atoms with Gasteiger partial charge >= 0.3 is 0 Å². The molecule has 2 heterocycles. The first-order chi connectivity index (χ1) is 12.5. The van der Waals surface area contributed by atoms with Gasteiger partial charge in [-0.15, -0.1) is 0 Å². The molecule has 0 fully saturated rings. The molecule has 0 bridgehead atoms. The number of fused-ring (bicyclic) bond motifs is 1. The summed E-state index contributed by atoms with van der Waals surface area (Å²) in [6, 6.07) is 18.9. The maximum absolute atomic E-state index is 4.78. The monoisotopic (exact) mass is 342 g/mol. The summed E-state index contributed by atoms with van der Waals surface area (Å²) in [5.41, 5.74) is 8.54. The van der Waals surface area contributed by atoms with E-state index in [1.807, 2.05) is 24.4 Å². The van der Waals surface area contributed by atoms with Gasteiger partial charge in [-0.05, 0) is 51.0 Å². The van der Waals surface area contributed by atoms with Gasteiger partial charge in [0.25, 0.3) is 0 Å². The summed E-state index contributed by atoms with van der Waals surface area (Å²) in [5.74, 6) is 0.916. The molecule has 2 aromatic heterocycles. The van der Waals surface area contributed by atoms with E-state index in [4.69, 9.17) is 10.1 Å². The van der Waals surface area contributed by atoms with E-state index in [0.717, 1.165) is 39.7 Å². The van der Waals surface area contributed by atoms with Gasteiger partial charge in [-0.3, -0.25) is 0 Å². The van der Waals surface area contributed by atoms with Gasteiger partial charge in [-0.2, -0.15) is 9.61 Å². The van der Waals surface area contributed by atoms with Crippen LogP contribution in [0.25, 0.3) is 16.8 Å². The highest BCUT2D eigenvalue weighted by molar-refractivity contribution is 5.81. The molecule has 4 rings (SSSR count). The zero-order valence-corrected chi connectivity index (χ0v) is 15.5. The Bertz CT molecular complexity index is 1090. The SMILES string of the molecule is Cc1ccc(-c2c(C)nn3c(Nc4cccc(C)c4)cc(C)nc23)cc1. The lowest BCUT2D eigenvalue weighted by atomic mass is 10.0. The lowest BCUT2D eigenvalue weighted by molar-refractivity contribution is 0.917. The van der Waals surface area contributed by atoms with Crippen molar-refractivity contribution < 1.29 is 0 Å². The molecule has 1 N–H and O–H groups in total. The standard InChI is InChI=1S/C22H22N4/c1-14-8-10-18(11-9-14)21-17(4)25-26-20(13-16(3)23-22(21)26)24-19-7-5-6-15(2)12-19/h5-13,24H,1-4H3. The molecule has 4 heteroatoms. The third-order valence-electron chi connectivity index (χ3n) is 4.52. The van der Waals surface area contributed by atoms with Crippen LogP contribution < -0.4 is 5.32 Å². The van der Waals surface area contributed by atoms with E-state index in [-0.39, 0.29) is 0 Å². The first-order valence-electron chi connectivity index (χ1n) is 8.79. The molecular formula is C22H22N4. The van der Waals surface area contributed by atoms with Crippen molar-refractivity contribution in [2.45, 2.75) is 27.7 Å². The van der Waals surface area contributed by atoms with Gasteiger partial charge in [0.05, 0.1) is 5.69 Å². The van der Waals surface area contributed by atoms with Gasteiger partial charge in [-0.25, -0.2) is 4.98 Å². The second-order valence-corrected chi connectivity index (χ2v) is 6.84. The summed E-state index contributed by atoms with van der Waals surface area (Å²) in [6.07, 6.45) is 0. The number of rotatable bonds is 3. The predicted octanol–water partition coefficient (Wildman–Crippen LogP) is 5.37. The molecule has 4 aromatic rings. The molecule has 26 heavy (non-hydrogen) atoms. The van der Waals surface area contributed by atoms with Crippen LogP contribution >= 0.6 is 0 Å². The molecule has 0 aliphatic heterocycles. The van der Waals surface area contributed by atoms with Crippen LogP contribution in [0.1, 0.15) is 22.5 Å². The van der Waals surface area contributed by atoms with E-state index < -0.39 is 0 Å². The fourth-order valence-electron chi connectivity index (χ4n) is 3.26. The van der Waals surface area contributed by atoms with E-state index in [1.165, 1.54) is 11.1 Å². The Morgan fingerprint density at radius 1 is 0.846 bits per heavy atom. The van der Waals surface area contributed by atoms with E-state index >= 15 is 0 Å². The van der Waals surface area contributed by atoms with Crippen molar-refractivity contribution in [2.24, 2.45) is 0 Å². The number of nitrogens with one attached hydrogen (secondary N) is 1. The molecule has 2 aromatic carbocycles. The van der Waals surface area contributed by atoms with Crippen LogP contribution in [0.3, 0.4) is 0 Å². The number of aromatic nitrogens is 3. The molecule has 0 aliphatic rings. The maximum Gasteiger partial charge on any atom is 0.165 e. The van der Waals surface area contributed by atoms with Crippen LogP contribution in [0.2, 0.25) is 0 Å². The molecule has 0 atom stereocenters. The summed E-state index contributed by atoms with van der Waals surface area (Å²) in [4.78, 5) is 4.78. The van der Waals surface area contributed by atoms with Gasteiger partial charge in [0.1, 0.15) is 5.82 Å². The van der Waals surface area contributed by atoms with E-state index in [9.17, 15) is 0 Å². The van der Waals surface area contributed by atoms with Crippen LogP contribution in [-0.4, -0.2) is 14.6 Å². The lowest BCUT2D eigenvalue weighted by Crippen LogP contribution is -2.02. The highest BCUT2D eigenvalue weighted by atomic mass is 15.3. The molecule has 0 amide bonds. The van der Waals surface area contributed by atoms with Crippen molar-refractivity contribution in [3.05, 3.63) is 77.1 Å².